The number of esters is 3. The maximum absolute atomic E-state index is 13.1. The summed E-state index contributed by atoms with van der Waals surface area (Å²) in [5, 5.41) is 31.4. The predicted octanol–water partition coefficient (Wildman–Crippen LogP) is 15.0. The number of aliphatic hydroxyl groups is 2. The molecule has 0 aliphatic carbocycles. The highest BCUT2D eigenvalue weighted by atomic mass is 16.7. The molecule has 1 rings (SSSR count). The van der Waals surface area contributed by atoms with E-state index < -0.39 is 67.3 Å². The second kappa shape index (κ2) is 51.6. The number of carboxylic acids is 1. The number of ether oxygens (including phenoxy) is 5. The van der Waals surface area contributed by atoms with Crippen LogP contribution in [0, 0.1) is 0 Å². The van der Waals surface area contributed by atoms with Crippen molar-refractivity contribution in [1.29, 1.82) is 0 Å². The van der Waals surface area contributed by atoms with Crippen LogP contribution in [0.1, 0.15) is 201 Å². The van der Waals surface area contributed by atoms with Gasteiger partial charge in [-0.25, -0.2) is 4.79 Å². The summed E-state index contributed by atoms with van der Waals surface area (Å²) < 4.78 is 28.3. The minimum Gasteiger partial charge on any atom is -0.479 e. The molecule has 1 aliphatic heterocycles. The number of hydrogen-bond donors (Lipinski definition) is 3. The summed E-state index contributed by atoms with van der Waals surface area (Å²) in [6.45, 7) is 5.62. The molecule has 1 aliphatic rings. The first-order valence-corrected chi connectivity index (χ1v) is 29.2. The van der Waals surface area contributed by atoms with Crippen LogP contribution in [-0.4, -0.2) is 89.2 Å². The van der Waals surface area contributed by atoms with Gasteiger partial charge in [-0.05, 0) is 122 Å². The van der Waals surface area contributed by atoms with Crippen LogP contribution < -0.4 is 0 Å². The fourth-order valence-electron chi connectivity index (χ4n) is 7.79. The lowest BCUT2D eigenvalue weighted by atomic mass is 9.98. The van der Waals surface area contributed by atoms with Crippen LogP contribution in [0.15, 0.2) is 134 Å². The van der Waals surface area contributed by atoms with Crippen molar-refractivity contribution in [2.75, 3.05) is 13.2 Å². The van der Waals surface area contributed by atoms with Gasteiger partial charge in [0.05, 0.1) is 6.61 Å². The molecule has 1 fully saturated rings. The molecular formula is C65H100O12. The van der Waals surface area contributed by atoms with Crippen molar-refractivity contribution in [2.24, 2.45) is 0 Å². The van der Waals surface area contributed by atoms with Gasteiger partial charge in [-0.2, -0.15) is 0 Å². The van der Waals surface area contributed by atoms with Crippen LogP contribution in [0.5, 0.6) is 0 Å². The van der Waals surface area contributed by atoms with E-state index >= 15 is 0 Å². The van der Waals surface area contributed by atoms with Crippen LogP contribution in [0.2, 0.25) is 0 Å². The van der Waals surface area contributed by atoms with E-state index in [2.05, 4.69) is 142 Å². The van der Waals surface area contributed by atoms with Gasteiger partial charge in [0.2, 0.25) is 0 Å². The SMILES string of the molecule is CC/C=C\C/C=C\C/C=C\C/C=C\C/C=C\C/C=C\CCC(=O)OCC(COC1OC(C(=O)O)C(O)C(O)C1OC(=O)CCCCC/C=C\C/C=C\C/C=C\CC)OC(=O)CCCCCCC/C=C\C/C=C\CCCCC. The maximum atomic E-state index is 13.1. The van der Waals surface area contributed by atoms with E-state index in [0.29, 0.717) is 19.3 Å². The summed E-state index contributed by atoms with van der Waals surface area (Å²) in [4.78, 5) is 51.1. The lowest BCUT2D eigenvalue weighted by Gasteiger charge is -2.40. The third-order valence-corrected chi connectivity index (χ3v) is 12.2. The van der Waals surface area contributed by atoms with Gasteiger partial charge in [-0.3, -0.25) is 14.4 Å². The highest BCUT2D eigenvalue weighted by Gasteiger charge is 2.50. The van der Waals surface area contributed by atoms with Gasteiger partial charge < -0.3 is 39.0 Å². The van der Waals surface area contributed by atoms with Crippen molar-refractivity contribution in [3.05, 3.63) is 134 Å². The van der Waals surface area contributed by atoms with Crippen LogP contribution in [0.4, 0.5) is 0 Å². The molecule has 6 atom stereocenters. The Kier molecular flexibility index (Phi) is 46.8. The van der Waals surface area contributed by atoms with Gasteiger partial charge in [-0.15, -0.1) is 0 Å². The van der Waals surface area contributed by atoms with E-state index in [-0.39, 0.29) is 25.9 Å². The van der Waals surface area contributed by atoms with Gasteiger partial charge >= 0.3 is 23.9 Å². The molecule has 6 unspecified atom stereocenters. The zero-order chi connectivity index (χ0) is 56.1. The molecule has 12 heteroatoms. The van der Waals surface area contributed by atoms with Crippen molar-refractivity contribution in [1.82, 2.24) is 0 Å². The lowest BCUT2D eigenvalue weighted by Crippen LogP contribution is -2.61. The zero-order valence-electron chi connectivity index (χ0n) is 47.4. The summed E-state index contributed by atoms with van der Waals surface area (Å²) in [5.74, 6) is -3.31. The molecule has 0 saturated carbocycles. The van der Waals surface area contributed by atoms with Crippen LogP contribution in [-0.2, 0) is 42.9 Å². The number of carbonyl (C=O) groups is 4. The van der Waals surface area contributed by atoms with Crippen LogP contribution in [0.3, 0.4) is 0 Å². The molecule has 0 aromatic rings. The van der Waals surface area contributed by atoms with Crippen molar-refractivity contribution < 1.29 is 58.2 Å². The van der Waals surface area contributed by atoms with Crippen molar-refractivity contribution in [3.63, 3.8) is 0 Å². The van der Waals surface area contributed by atoms with E-state index in [1.54, 1.807) is 0 Å². The minimum atomic E-state index is -1.93. The first-order chi connectivity index (χ1) is 37.6. The number of unbranched alkanes of at least 4 members (excludes halogenated alkanes) is 11. The Morgan fingerprint density at radius 1 is 0.442 bits per heavy atom. The molecule has 12 nitrogen and oxygen atoms in total. The largest absolute Gasteiger partial charge is 0.479 e. The highest BCUT2D eigenvalue weighted by molar-refractivity contribution is 5.74. The molecule has 432 valence electrons. The molecule has 0 aromatic heterocycles. The standard InChI is InChI=1S/C65H100O12/c1-4-7-10-13-16-19-22-25-27-28-29-30-32-34-36-39-42-45-48-51-57(66)73-54-56(75-58(67)52-49-46-43-40-38-35-31-26-23-20-17-14-11-8-5-2)55-74-65-63(61(70)60(69)62(77-65)64(71)72)76-59(68)53-50-47-44-41-37-33-24-21-18-15-12-9-6-3/h7,9-10,12,16-21,25-27,29-31,33-34,36-37,42,45,56,60-63,65,69-70H,4-6,8,11,13-15,22-24,28,32,35,38-41,43-44,46-55H2,1-3H3,(H,71,72)/b10-7-,12-9-,19-16-,20-17-,21-18-,27-25-,30-29-,31-26-,36-34-,37-33-,45-42-. The summed E-state index contributed by atoms with van der Waals surface area (Å²) in [6.07, 6.45) is 60.1. The summed E-state index contributed by atoms with van der Waals surface area (Å²) >= 11 is 0. The molecule has 1 heterocycles. The fraction of sp³-hybridized carbons (Fsp3) is 0.600. The van der Waals surface area contributed by atoms with Gasteiger partial charge in [-0.1, -0.05) is 193 Å². The number of rotatable bonds is 47. The normalized spacial score (nSPS) is 19.0. The third-order valence-electron chi connectivity index (χ3n) is 12.2. The number of allylic oxidation sites excluding steroid dienone is 22. The van der Waals surface area contributed by atoms with E-state index in [4.69, 9.17) is 23.7 Å². The number of aliphatic hydroxyl groups excluding tert-OH is 2. The molecule has 77 heavy (non-hydrogen) atoms. The molecule has 0 spiro atoms. The Labute approximate surface area is 464 Å². The quantitative estimate of drug-likeness (QED) is 0.0228. The third kappa shape index (κ3) is 41.6. The number of hydrogen-bond acceptors (Lipinski definition) is 11. The molecular weight excluding hydrogens is 973 g/mol. The average Bonchev–Trinajstić information content (AvgIpc) is 3.42. The Morgan fingerprint density at radius 3 is 1.31 bits per heavy atom. The van der Waals surface area contributed by atoms with Crippen molar-refractivity contribution >= 4 is 23.9 Å². The van der Waals surface area contributed by atoms with Crippen molar-refractivity contribution in [3.8, 4) is 0 Å². The fourth-order valence-corrected chi connectivity index (χ4v) is 7.79. The lowest BCUT2D eigenvalue weighted by molar-refractivity contribution is -0.301. The van der Waals surface area contributed by atoms with Gasteiger partial charge in [0.25, 0.3) is 0 Å². The van der Waals surface area contributed by atoms with Gasteiger partial charge in [0.1, 0.15) is 18.8 Å². The second-order valence-electron chi connectivity index (χ2n) is 19.2. The predicted molar refractivity (Wildman–Crippen MR) is 312 cm³/mol. The first kappa shape index (κ1) is 69.9. The van der Waals surface area contributed by atoms with E-state index in [0.717, 1.165) is 122 Å². The molecule has 0 amide bonds. The number of carboxylic acid groups (broad SMARTS) is 1. The Balaban J connectivity index is 2.78. The first-order valence-electron chi connectivity index (χ1n) is 29.2. The maximum Gasteiger partial charge on any atom is 0.335 e. The molecule has 3 N–H and O–H groups in total. The molecule has 1 saturated heterocycles. The van der Waals surface area contributed by atoms with Gasteiger partial charge in [0, 0.05) is 19.3 Å². The molecule has 0 radical (unpaired) electrons. The zero-order valence-corrected chi connectivity index (χ0v) is 47.4. The van der Waals surface area contributed by atoms with Crippen LogP contribution >= 0.6 is 0 Å². The molecule has 0 aromatic carbocycles. The summed E-state index contributed by atoms with van der Waals surface area (Å²) in [6, 6.07) is 0. The second-order valence-corrected chi connectivity index (χ2v) is 19.2. The summed E-state index contributed by atoms with van der Waals surface area (Å²) in [5.41, 5.74) is 0. The number of aliphatic carboxylic acids is 1. The topological polar surface area (TPSA) is 175 Å². The Hall–Kier alpha value is -5.14. The Bertz CT molecular complexity index is 1850. The Morgan fingerprint density at radius 2 is 0.844 bits per heavy atom. The average molecular weight is 1070 g/mol. The van der Waals surface area contributed by atoms with Gasteiger partial charge in [0.15, 0.2) is 24.6 Å². The smallest absolute Gasteiger partial charge is 0.335 e. The minimum absolute atomic E-state index is 0.00898. The summed E-state index contributed by atoms with van der Waals surface area (Å²) in [7, 11) is 0. The number of carbonyl (C=O) groups excluding carboxylic acids is 3. The van der Waals surface area contributed by atoms with Crippen LogP contribution in [0.25, 0.3) is 0 Å². The van der Waals surface area contributed by atoms with E-state index in [1.807, 2.05) is 12.2 Å². The highest BCUT2D eigenvalue weighted by Crippen LogP contribution is 2.26. The van der Waals surface area contributed by atoms with E-state index in [9.17, 15) is 34.5 Å². The van der Waals surface area contributed by atoms with E-state index in [1.165, 1.54) is 19.3 Å². The monoisotopic (exact) mass is 1070 g/mol. The molecule has 0 bridgehead atoms. The van der Waals surface area contributed by atoms with Crippen molar-refractivity contribution in [2.45, 2.75) is 237 Å².